The topological polar surface area (TPSA) is 44.4 Å². The second-order valence-corrected chi connectivity index (χ2v) is 4.98. The summed E-state index contributed by atoms with van der Waals surface area (Å²) in [5.74, 6) is 0.0480. The summed E-state index contributed by atoms with van der Waals surface area (Å²) in [6.07, 6.45) is 1.10. The number of carbonyl (C=O) groups excluding carboxylic acids is 1. The quantitative estimate of drug-likeness (QED) is 0.870. The van der Waals surface area contributed by atoms with E-state index in [2.05, 4.69) is 15.5 Å². The molecule has 1 unspecified atom stereocenters. The lowest BCUT2D eigenvalue weighted by Crippen LogP contribution is -2.32. The van der Waals surface area contributed by atoms with Crippen LogP contribution in [0.4, 0.5) is 10.1 Å². The van der Waals surface area contributed by atoms with E-state index in [1.54, 1.807) is 18.2 Å². The summed E-state index contributed by atoms with van der Waals surface area (Å²) < 4.78 is 13.4. The van der Waals surface area contributed by atoms with Crippen molar-refractivity contribution in [2.24, 2.45) is 5.92 Å². The number of anilines is 1. The highest BCUT2D eigenvalue weighted by atomic mass is 35.5. The highest BCUT2D eigenvalue weighted by Crippen LogP contribution is 2.16. The van der Waals surface area contributed by atoms with Crippen LogP contribution in [0.5, 0.6) is 0 Å². The number of nitrogens with one attached hydrogen (secondary N) is 2. The number of halogens is 2. The van der Waals surface area contributed by atoms with Crippen LogP contribution in [0.3, 0.4) is 0 Å². The van der Waals surface area contributed by atoms with Gasteiger partial charge in [0.25, 0.3) is 0 Å². The standard InChI is InChI=1S/C14H20FN3O.ClH/c1-16-8-11-6-7-18(9-11)10-14(19)17-13-5-3-2-4-12(13)15;/h2-5,11,16H,6-10H2,1H3,(H,17,19);1H. The Balaban J connectivity index is 0.00000200. The van der Waals surface area contributed by atoms with Crippen molar-refractivity contribution in [3.05, 3.63) is 30.1 Å². The predicted molar refractivity (Wildman–Crippen MR) is 80.8 cm³/mol. The fourth-order valence-corrected chi connectivity index (χ4v) is 2.47. The highest BCUT2D eigenvalue weighted by molar-refractivity contribution is 5.92. The van der Waals surface area contributed by atoms with Gasteiger partial charge in [-0.2, -0.15) is 0 Å². The third-order valence-corrected chi connectivity index (χ3v) is 3.38. The second-order valence-electron chi connectivity index (χ2n) is 4.98. The zero-order valence-electron chi connectivity index (χ0n) is 11.6. The maximum absolute atomic E-state index is 13.4. The first kappa shape index (κ1) is 16.9. The molecule has 1 aliphatic rings. The molecular weight excluding hydrogens is 281 g/mol. The lowest BCUT2D eigenvalue weighted by molar-refractivity contribution is -0.117. The van der Waals surface area contributed by atoms with E-state index >= 15 is 0 Å². The summed E-state index contributed by atoms with van der Waals surface area (Å²) in [6.45, 7) is 3.16. The van der Waals surface area contributed by atoms with E-state index in [0.717, 1.165) is 26.1 Å². The molecule has 0 saturated carbocycles. The number of nitrogens with zero attached hydrogens (tertiary/aromatic N) is 1. The lowest BCUT2D eigenvalue weighted by Gasteiger charge is -2.15. The molecule has 20 heavy (non-hydrogen) atoms. The zero-order valence-corrected chi connectivity index (χ0v) is 12.4. The summed E-state index contributed by atoms with van der Waals surface area (Å²) in [5, 5.41) is 5.77. The third kappa shape index (κ3) is 4.74. The van der Waals surface area contributed by atoms with Gasteiger partial charge >= 0.3 is 0 Å². The van der Waals surface area contributed by atoms with Gasteiger partial charge in [-0.05, 0) is 44.6 Å². The number of para-hydroxylation sites is 1. The van der Waals surface area contributed by atoms with E-state index in [1.165, 1.54) is 6.07 Å². The van der Waals surface area contributed by atoms with Crippen LogP contribution in [0.15, 0.2) is 24.3 Å². The van der Waals surface area contributed by atoms with Crippen LogP contribution >= 0.6 is 12.4 Å². The van der Waals surface area contributed by atoms with Gasteiger partial charge in [0.2, 0.25) is 5.91 Å². The van der Waals surface area contributed by atoms with E-state index in [9.17, 15) is 9.18 Å². The minimum atomic E-state index is -0.398. The molecule has 1 fully saturated rings. The smallest absolute Gasteiger partial charge is 0.238 e. The van der Waals surface area contributed by atoms with Crippen LogP contribution in [0.25, 0.3) is 0 Å². The normalized spacial score (nSPS) is 18.6. The molecule has 1 aromatic rings. The summed E-state index contributed by atoms with van der Waals surface area (Å²) in [6, 6.07) is 6.22. The van der Waals surface area contributed by atoms with E-state index in [-0.39, 0.29) is 24.0 Å². The fourth-order valence-electron chi connectivity index (χ4n) is 2.47. The minimum Gasteiger partial charge on any atom is -0.322 e. The molecule has 2 rings (SSSR count). The van der Waals surface area contributed by atoms with Gasteiger partial charge in [0.1, 0.15) is 5.82 Å². The fraction of sp³-hybridized carbons (Fsp3) is 0.500. The molecule has 0 radical (unpaired) electrons. The SMILES string of the molecule is CNCC1CCN(CC(=O)Nc2ccccc2F)C1.Cl. The van der Waals surface area contributed by atoms with Crippen molar-refractivity contribution in [3.8, 4) is 0 Å². The molecule has 1 amide bonds. The lowest BCUT2D eigenvalue weighted by atomic mass is 10.1. The minimum absolute atomic E-state index is 0. The van der Waals surface area contributed by atoms with Gasteiger partial charge in [0.05, 0.1) is 12.2 Å². The number of hydrogen-bond donors (Lipinski definition) is 2. The Kier molecular flexibility index (Phi) is 6.91. The molecule has 0 spiro atoms. The van der Waals surface area contributed by atoms with Crippen molar-refractivity contribution < 1.29 is 9.18 Å². The summed E-state index contributed by atoms with van der Waals surface area (Å²) in [7, 11) is 1.94. The molecule has 0 bridgehead atoms. The van der Waals surface area contributed by atoms with Crippen LogP contribution in [-0.4, -0.2) is 44.0 Å². The molecule has 1 atom stereocenters. The number of carbonyl (C=O) groups is 1. The van der Waals surface area contributed by atoms with Gasteiger partial charge in [-0.1, -0.05) is 12.1 Å². The van der Waals surface area contributed by atoms with Crippen molar-refractivity contribution in [1.29, 1.82) is 0 Å². The summed E-state index contributed by atoms with van der Waals surface area (Å²) in [4.78, 5) is 14.0. The van der Waals surface area contributed by atoms with E-state index in [4.69, 9.17) is 0 Å². The van der Waals surface area contributed by atoms with Crippen LogP contribution in [0, 0.1) is 11.7 Å². The average Bonchev–Trinajstić information content (AvgIpc) is 2.80. The maximum Gasteiger partial charge on any atom is 0.238 e. The monoisotopic (exact) mass is 301 g/mol. The predicted octanol–water partition coefficient (Wildman–Crippen LogP) is 1.73. The Bertz CT molecular complexity index is 444. The molecule has 112 valence electrons. The van der Waals surface area contributed by atoms with Crippen LogP contribution in [0.2, 0.25) is 0 Å². The van der Waals surface area contributed by atoms with Gasteiger partial charge in [0, 0.05) is 6.54 Å². The van der Waals surface area contributed by atoms with Gasteiger partial charge < -0.3 is 10.6 Å². The van der Waals surface area contributed by atoms with Crippen LogP contribution in [0.1, 0.15) is 6.42 Å². The van der Waals surface area contributed by atoms with Crippen molar-refractivity contribution >= 4 is 24.0 Å². The van der Waals surface area contributed by atoms with Crippen molar-refractivity contribution in [2.75, 3.05) is 38.5 Å². The number of benzene rings is 1. The van der Waals surface area contributed by atoms with Gasteiger partial charge in [-0.25, -0.2) is 4.39 Å². The number of hydrogen-bond acceptors (Lipinski definition) is 3. The van der Waals surface area contributed by atoms with Crippen LogP contribution < -0.4 is 10.6 Å². The molecule has 1 aromatic carbocycles. The van der Waals surface area contributed by atoms with Crippen molar-refractivity contribution in [3.63, 3.8) is 0 Å². The molecule has 1 saturated heterocycles. The molecule has 4 nitrogen and oxygen atoms in total. The first-order chi connectivity index (χ1) is 9.19. The molecule has 2 N–H and O–H groups in total. The summed E-state index contributed by atoms with van der Waals surface area (Å²) in [5.41, 5.74) is 0.249. The molecule has 0 aromatic heterocycles. The van der Waals surface area contributed by atoms with Crippen molar-refractivity contribution in [2.45, 2.75) is 6.42 Å². The third-order valence-electron chi connectivity index (χ3n) is 3.38. The Hall–Kier alpha value is -1.17. The van der Waals surface area contributed by atoms with Gasteiger partial charge in [-0.15, -0.1) is 12.4 Å². The van der Waals surface area contributed by atoms with E-state index in [1.807, 2.05) is 7.05 Å². The van der Waals surface area contributed by atoms with E-state index in [0.29, 0.717) is 12.5 Å². The Morgan fingerprint density at radius 3 is 2.90 bits per heavy atom. The number of amides is 1. The van der Waals surface area contributed by atoms with E-state index < -0.39 is 5.82 Å². The number of likely N-dealkylation sites (tertiary alicyclic amines) is 1. The Morgan fingerprint density at radius 1 is 1.45 bits per heavy atom. The van der Waals surface area contributed by atoms with Gasteiger partial charge in [0.15, 0.2) is 0 Å². The average molecular weight is 302 g/mol. The molecule has 0 aliphatic carbocycles. The molecule has 1 aliphatic heterocycles. The zero-order chi connectivity index (χ0) is 13.7. The van der Waals surface area contributed by atoms with Gasteiger partial charge in [-0.3, -0.25) is 9.69 Å². The second kappa shape index (κ2) is 8.19. The summed E-state index contributed by atoms with van der Waals surface area (Å²) >= 11 is 0. The van der Waals surface area contributed by atoms with Crippen molar-refractivity contribution in [1.82, 2.24) is 10.2 Å². The molecular formula is C14H21ClFN3O. The molecule has 6 heteroatoms. The van der Waals surface area contributed by atoms with Crippen LogP contribution in [-0.2, 0) is 4.79 Å². The maximum atomic E-state index is 13.4. The molecule has 1 heterocycles. The first-order valence-corrected chi connectivity index (χ1v) is 6.60. The first-order valence-electron chi connectivity index (χ1n) is 6.60. The largest absolute Gasteiger partial charge is 0.322 e. The Morgan fingerprint density at radius 2 is 2.20 bits per heavy atom. The highest BCUT2D eigenvalue weighted by Gasteiger charge is 2.23. The number of rotatable bonds is 5. The Labute approximate surface area is 125 Å².